The summed E-state index contributed by atoms with van der Waals surface area (Å²) in [5.74, 6) is 1.51. The Balaban J connectivity index is 1.75. The van der Waals surface area contributed by atoms with Gasteiger partial charge in [0.2, 0.25) is 0 Å². The van der Waals surface area contributed by atoms with Gasteiger partial charge in [-0.25, -0.2) is 0 Å². The van der Waals surface area contributed by atoms with Crippen molar-refractivity contribution in [2.75, 3.05) is 19.6 Å². The Hall–Kier alpha value is -0.570. The Morgan fingerprint density at radius 2 is 2.05 bits per heavy atom. The molecule has 0 aromatic heterocycles. The number of halogens is 1. The average molecular weight is 293 g/mol. The Morgan fingerprint density at radius 3 is 2.75 bits per heavy atom. The molecule has 1 aliphatic heterocycles. The van der Waals surface area contributed by atoms with Crippen LogP contribution < -0.4 is 10.6 Å². The van der Waals surface area contributed by atoms with E-state index in [4.69, 9.17) is 11.6 Å². The van der Waals surface area contributed by atoms with Gasteiger partial charge in [-0.15, -0.1) is 0 Å². The number of rotatable bonds is 4. The SMILES string of the molecule is Clc1cccc(C(CC2CNCCN2)C2CCCC2)c1. The summed E-state index contributed by atoms with van der Waals surface area (Å²) < 4.78 is 0. The van der Waals surface area contributed by atoms with E-state index in [0.29, 0.717) is 12.0 Å². The third kappa shape index (κ3) is 3.55. The molecule has 1 aromatic rings. The fraction of sp³-hybridized carbons (Fsp3) is 0.647. The van der Waals surface area contributed by atoms with E-state index in [1.165, 1.54) is 37.7 Å². The van der Waals surface area contributed by atoms with E-state index in [0.717, 1.165) is 30.6 Å². The predicted octanol–water partition coefficient (Wildman–Crippen LogP) is 3.57. The summed E-state index contributed by atoms with van der Waals surface area (Å²) in [5.41, 5.74) is 1.44. The fourth-order valence-electron chi connectivity index (χ4n) is 3.88. The van der Waals surface area contributed by atoms with Crippen LogP contribution in [-0.2, 0) is 0 Å². The number of hydrogen-bond acceptors (Lipinski definition) is 2. The molecule has 1 aromatic carbocycles. The number of benzene rings is 1. The highest BCUT2D eigenvalue weighted by Gasteiger charge is 2.29. The second-order valence-corrected chi connectivity index (χ2v) is 6.73. The van der Waals surface area contributed by atoms with Crippen molar-refractivity contribution < 1.29 is 0 Å². The zero-order valence-electron chi connectivity index (χ0n) is 12.1. The second-order valence-electron chi connectivity index (χ2n) is 6.30. The minimum absolute atomic E-state index is 0.605. The Morgan fingerprint density at radius 1 is 1.20 bits per heavy atom. The molecule has 2 atom stereocenters. The second kappa shape index (κ2) is 6.93. The zero-order valence-corrected chi connectivity index (χ0v) is 12.8. The van der Waals surface area contributed by atoms with Gasteiger partial charge >= 0.3 is 0 Å². The van der Waals surface area contributed by atoms with Crippen LogP contribution in [0.2, 0.25) is 5.02 Å². The van der Waals surface area contributed by atoms with Crippen molar-refractivity contribution >= 4 is 11.6 Å². The minimum Gasteiger partial charge on any atom is -0.314 e. The fourth-order valence-corrected chi connectivity index (χ4v) is 4.08. The monoisotopic (exact) mass is 292 g/mol. The lowest BCUT2D eigenvalue weighted by Crippen LogP contribution is -2.49. The summed E-state index contributed by atoms with van der Waals surface area (Å²) in [5, 5.41) is 8.04. The Labute approximate surface area is 127 Å². The molecule has 1 aliphatic carbocycles. The molecule has 0 amide bonds. The summed E-state index contributed by atoms with van der Waals surface area (Å²) in [6.07, 6.45) is 6.81. The van der Waals surface area contributed by atoms with Crippen LogP contribution in [0.1, 0.15) is 43.6 Å². The molecule has 3 heteroatoms. The van der Waals surface area contributed by atoms with Gasteiger partial charge in [0.15, 0.2) is 0 Å². The van der Waals surface area contributed by atoms with Gasteiger partial charge in [-0.2, -0.15) is 0 Å². The lowest BCUT2D eigenvalue weighted by Gasteiger charge is -2.31. The molecule has 2 aliphatic rings. The molecular weight excluding hydrogens is 268 g/mol. The quantitative estimate of drug-likeness (QED) is 0.886. The van der Waals surface area contributed by atoms with Crippen molar-refractivity contribution in [3.8, 4) is 0 Å². The van der Waals surface area contributed by atoms with Gasteiger partial charge in [0.25, 0.3) is 0 Å². The zero-order chi connectivity index (χ0) is 13.8. The summed E-state index contributed by atoms with van der Waals surface area (Å²) in [4.78, 5) is 0. The molecule has 1 saturated carbocycles. The first-order valence-corrected chi connectivity index (χ1v) is 8.40. The van der Waals surface area contributed by atoms with E-state index in [2.05, 4.69) is 28.8 Å². The van der Waals surface area contributed by atoms with E-state index in [9.17, 15) is 0 Å². The molecule has 2 nitrogen and oxygen atoms in total. The largest absolute Gasteiger partial charge is 0.314 e. The molecular formula is C17H25ClN2. The molecule has 2 N–H and O–H groups in total. The van der Waals surface area contributed by atoms with E-state index in [1.807, 2.05) is 6.07 Å². The molecule has 0 spiro atoms. The van der Waals surface area contributed by atoms with Gasteiger partial charge < -0.3 is 10.6 Å². The maximum absolute atomic E-state index is 6.21. The summed E-state index contributed by atoms with van der Waals surface area (Å²) in [6, 6.07) is 9.14. The highest BCUT2D eigenvalue weighted by molar-refractivity contribution is 6.30. The molecule has 3 rings (SSSR count). The Kier molecular flexibility index (Phi) is 4.98. The third-order valence-electron chi connectivity index (χ3n) is 4.91. The van der Waals surface area contributed by atoms with Gasteiger partial charge in [0, 0.05) is 30.7 Å². The van der Waals surface area contributed by atoms with E-state index >= 15 is 0 Å². The smallest absolute Gasteiger partial charge is 0.0408 e. The molecule has 110 valence electrons. The number of piperazine rings is 1. The van der Waals surface area contributed by atoms with Gasteiger partial charge in [-0.3, -0.25) is 0 Å². The molecule has 1 saturated heterocycles. The maximum Gasteiger partial charge on any atom is 0.0408 e. The van der Waals surface area contributed by atoms with E-state index < -0.39 is 0 Å². The molecule has 2 unspecified atom stereocenters. The average Bonchev–Trinajstić information content (AvgIpc) is 3.00. The summed E-state index contributed by atoms with van der Waals surface area (Å²) >= 11 is 6.21. The van der Waals surface area contributed by atoms with Crippen LogP contribution in [-0.4, -0.2) is 25.7 Å². The highest BCUT2D eigenvalue weighted by atomic mass is 35.5. The Bertz CT molecular complexity index is 423. The molecule has 0 bridgehead atoms. The van der Waals surface area contributed by atoms with Crippen molar-refractivity contribution in [3.05, 3.63) is 34.9 Å². The number of hydrogen-bond donors (Lipinski definition) is 2. The minimum atomic E-state index is 0.605. The van der Waals surface area contributed by atoms with Crippen molar-refractivity contribution in [2.24, 2.45) is 5.92 Å². The first-order valence-electron chi connectivity index (χ1n) is 8.02. The van der Waals surface area contributed by atoms with Gasteiger partial charge in [0.05, 0.1) is 0 Å². The molecule has 0 radical (unpaired) electrons. The maximum atomic E-state index is 6.21. The van der Waals surface area contributed by atoms with Crippen molar-refractivity contribution in [1.82, 2.24) is 10.6 Å². The van der Waals surface area contributed by atoms with E-state index in [1.54, 1.807) is 0 Å². The van der Waals surface area contributed by atoms with Crippen LogP contribution in [0.25, 0.3) is 0 Å². The van der Waals surface area contributed by atoms with Gasteiger partial charge in [-0.05, 0) is 48.8 Å². The topological polar surface area (TPSA) is 24.1 Å². The standard InChI is InChI=1S/C17H25ClN2/c18-15-7-3-6-14(10-15)17(13-4-1-2-5-13)11-16-12-19-8-9-20-16/h3,6-7,10,13,16-17,19-20H,1-2,4-5,8-9,11-12H2. The van der Waals surface area contributed by atoms with Gasteiger partial charge in [0.1, 0.15) is 0 Å². The summed E-state index contributed by atoms with van der Waals surface area (Å²) in [6.45, 7) is 3.29. The molecule has 2 fully saturated rings. The summed E-state index contributed by atoms with van der Waals surface area (Å²) in [7, 11) is 0. The number of nitrogens with one attached hydrogen (secondary N) is 2. The van der Waals surface area contributed by atoms with Crippen LogP contribution in [0, 0.1) is 5.92 Å². The van der Waals surface area contributed by atoms with Crippen LogP contribution in [0.15, 0.2) is 24.3 Å². The predicted molar refractivity (Wildman–Crippen MR) is 85.4 cm³/mol. The van der Waals surface area contributed by atoms with Crippen LogP contribution in [0.3, 0.4) is 0 Å². The third-order valence-corrected chi connectivity index (χ3v) is 5.14. The van der Waals surface area contributed by atoms with E-state index in [-0.39, 0.29) is 0 Å². The first kappa shape index (κ1) is 14.4. The van der Waals surface area contributed by atoms with Crippen LogP contribution >= 0.6 is 11.6 Å². The first-order chi connectivity index (χ1) is 9.83. The molecule has 1 heterocycles. The molecule has 20 heavy (non-hydrogen) atoms. The van der Waals surface area contributed by atoms with Gasteiger partial charge in [-0.1, -0.05) is 36.6 Å². The lowest BCUT2D eigenvalue weighted by molar-refractivity contribution is 0.325. The normalized spacial score (nSPS) is 25.8. The lowest BCUT2D eigenvalue weighted by atomic mass is 9.80. The van der Waals surface area contributed by atoms with Crippen molar-refractivity contribution in [3.63, 3.8) is 0 Å². The van der Waals surface area contributed by atoms with Crippen LogP contribution in [0.5, 0.6) is 0 Å². The highest BCUT2D eigenvalue weighted by Crippen LogP contribution is 2.40. The van der Waals surface area contributed by atoms with Crippen LogP contribution in [0.4, 0.5) is 0 Å². The van der Waals surface area contributed by atoms with Crippen molar-refractivity contribution in [1.29, 1.82) is 0 Å². The van der Waals surface area contributed by atoms with Crippen molar-refractivity contribution in [2.45, 2.75) is 44.1 Å².